The molecule has 0 fully saturated rings. The summed E-state index contributed by atoms with van der Waals surface area (Å²) in [6.45, 7) is 3.97. The summed E-state index contributed by atoms with van der Waals surface area (Å²) in [4.78, 5) is 0. The number of hydrogen-bond acceptors (Lipinski definition) is 2. The molecular formula is C13H21FN2. The van der Waals surface area contributed by atoms with Gasteiger partial charge < -0.3 is 11.1 Å². The van der Waals surface area contributed by atoms with Gasteiger partial charge in [-0.1, -0.05) is 18.2 Å². The molecule has 1 atom stereocenters. The van der Waals surface area contributed by atoms with E-state index in [4.69, 9.17) is 5.73 Å². The van der Waals surface area contributed by atoms with Crippen LogP contribution in [0.5, 0.6) is 0 Å². The molecule has 1 aromatic rings. The predicted octanol–water partition coefficient (Wildman–Crippen LogP) is 2.60. The quantitative estimate of drug-likeness (QED) is 0.806. The number of hydrogen-bond donors (Lipinski definition) is 2. The van der Waals surface area contributed by atoms with E-state index in [2.05, 4.69) is 5.32 Å². The predicted molar refractivity (Wildman–Crippen MR) is 65.7 cm³/mol. The highest BCUT2D eigenvalue weighted by atomic mass is 19.1. The molecule has 0 heterocycles. The number of benzene rings is 1. The van der Waals surface area contributed by atoms with Crippen LogP contribution in [0, 0.1) is 5.82 Å². The number of nitrogens with two attached hydrogens (primary N) is 1. The monoisotopic (exact) mass is 224 g/mol. The third-order valence-electron chi connectivity index (χ3n) is 2.71. The lowest BCUT2D eigenvalue weighted by molar-refractivity contribution is 0.404. The Bertz CT molecular complexity index is 331. The highest BCUT2D eigenvalue weighted by molar-refractivity contribution is 5.21. The van der Waals surface area contributed by atoms with Crippen LogP contribution in [0.1, 0.15) is 38.3 Å². The summed E-state index contributed by atoms with van der Waals surface area (Å²) in [6.07, 6.45) is 1.69. The van der Waals surface area contributed by atoms with Crippen molar-refractivity contribution in [2.24, 2.45) is 5.73 Å². The van der Waals surface area contributed by atoms with E-state index in [1.54, 1.807) is 6.07 Å². The van der Waals surface area contributed by atoms with Crippen LogP contribution in [0.25, 0.3) is 0 Å². The van der Waals surface area contributed by atoms with Gasteiger partial charge in [-0.2, -0.15) is 0 Å². The van der Waals surface area contributed by atoms with Crippen molar-refractivity contribution >= 4 is 0 Å². The van der Waals surface area contributed by atoms with Gasteiger partial charge in [0, 0.05) is 17.1 Å². The Morgan fingerprint density at radius 1 is 1.38 bits per heavy atom. The zero-order valence-electron chi connectivity index (χ0n) is 10.3. The maximum absolute atomic E-state index is 13.6. The van der Waals surface area contributed by atoms with Crippen molar-refractivity contribution in [3.8, 4) is 0 Å². The summed E-state index contributed by atoms with van der Waals surface area (Å²) >= 11 is 0. The maximum Gasteiger partial charge on any atom is 0.127 e. The Hall–Kier alpha value is -0.930. The Morgan fingerprint density at radius 3 is 2.50 bits per heavy atom. The second kappa shape index (κ2) is 5.41. The first-order valence-electron chi connectivity index (χ1n) is 5.64. The second-order valence-electron chi connectivity index (χ2n) is 4.89. The first kappa shape index (κ1) is 13.1. The lowest BCUT2D eigenvalue weighted by Gasteiger charge is -2.23. The topological polar surface area (TPSA) is 38.0 Å². The Labute approximate surface area is 97.0 Å². The molecule has 0 spiro atoms. The first-order valence-corrected chi connectivity index (χ1v) is 5.64. The maximum atomic E-state index is 13.6. The summed E-state index contributed by atoms with van der Waals surface area (Å²) in [7, 11) is 1.85. The molecule has 3 N–H and O–H groups in total. The van der Waals surface area contributed by atoms with E-state index in [9.17, 15) is 4.39 Å². The van der Waals surface area contributed by atoms with Crippen LogP contribution < -0.4 is 11.1 Å². The van der Waals surface area contributed by atoms with E-state index in [1.807, 2.05) is 33.0 Å². The van der Waals surface area contributed by atoms with Crippen molar-refractivity contribution in [3.63, 3.8) is 0 Å². The minimum atomic E-state index is -0.208. The largest absolute Gasteiger partial charge is 0.326 e. The van der Waals surface area contributed by atoms with Gasteiger partial charge >= 0.3 is 0 Å². The van der Waals surface area contributed by atoms with Crippen molar-refractivity contribution < 1.29 is 4.39 Å². The molecule has 1 aromatic carbocycles. The Balaban J connectivity index is 2.72. The fourth-order valence-electron chi connectivity index (χ4n) is 1.73. The van der Waals surface area contributed by atoms with Gasteiger partial charge in [0.25, 0.3) is 0 Å². The minimum Gasteiger partial charge on any atom is -0.326 e. The fraction of sp³-hybridized carbons (Fsp3) is 0.538. The van der Waals surface area contributed by atoms with Gasteiger partial charge in [-0.3, -0.25) is 0 Å². The van der Waals surface area contributed by atoms with E-state index >= 15 is 0 Å². The van der Waals surface area contributed by atoms with E-state index in [-0.39, 0.29) is 17.4 Å². The smallest absolute Gasteiger partial charge is 0.127 e. The summed E-state index contributed by atoms with van der Waals surface area (Å²) in [5, 5.41) is 3.14. The Kier molecular flexibility index (Phi) is 4.44. The van der Waals surface area contributed by atoms with Crippen molar-refractivity contribution in [3.05, 3.63) is 35.6 Å². The third-order valence-corrected chi connectivity index (χ3v) is 2.71. The summed E-state index contributed by atoms with van der Waals surface area (Å²) in [6, 6.07) is 6.91. The van der Waals surface area contributed by atoms with E-state index < -0.39 is 0 Å². The highest BCUT2D eigenvalue weighted by Gasteiger charge is 2.17. The molecule has 1 rings (SSSR count). The SMILES string of the molecule is CNC(CCC(C)(C)N)c1ccccc1F. The average Bonchev–Trinajstić information content (AvgIpc) is 2.20. The van der Waals surface area contributed by atoms with Crippen molar-refractivity contribution in [1.82, 2.24) is 5.32 Å². The lowest BCUT2D eigenvalue weighted by Crippen LogP contribution is -2.33. The number of rotatable bonds is 5. The molecule has 0 saturated carbocycles. The molecule has 0 bridgehead atoms. The lowest BCUT2D eigenvalue weighted by atomic mass is 9.93. The van der Waals surface area contributed by atoms with Crippen LogP contribution in [0.15, 0.2) is 24.3 Å². The van der Waals surface area contributed by atoms with E-state index in [1.165, 1.54) is 6.07 Å². The van der Waals surface area contributed by atoms with Crippen molar-refractivity contribution in [2.75, 3.05) is 7.05 Å². The van der Waals surface area contributed by atoms with Crippen LogP contribution in [-0.4, -0.2) is 12.6 Å². The van der Waals surface area contributed by atoms with Gasteiger partial charge in [0.15, 0.2) is 0 Å². The molecular weight excluding hydrogens is 203 g/mol. The minimum absolute atomic E-state index is 0.0315. The number of nitrogens with one attached hydrogen (secondary N) is 1. The van der Waals surface area contributed by atoms with Gasteiger partial charge in [0.05, 0.1) is 0 Å². The summed E-state index contributed by atoms with van der Waals surface area (Å²) in [5.74, 6) is -0.156. The van der Waals surface area contributed by atoms with Crippen LogP contribution in [0.2, 0.25) is 0 Å². The van der Waals surface area contributed by atoms with Gasteiger partial charge in [-0.25, -0.2) is 4.39 Å². The molecule has 1 unspecified atom stereocenters. The van der Waals surface area contributed by atoms with Crippen LogP contribution in [0.3, 0.4) is 0 Å². The molecule has 0 radical (unpaired) electrons. The van der Waals surface area contributed by atoms with Gasteiger partial charge in [0.2, 0.25) is 0 Å². The number of halogens is 1. The summed E-state index contributed by atoms with van der Waals surface area (Å²) < 4.78 is 13.6. The summed E-state index contributed by atoms with van der Waals surface area (Å²) in [5.41, 5.74) is 6.44. The van der Waals surface area contributed by atoms with Crippen LogP contribution in [-0.2, 0) is 0 Å². The Morgan fingerprint density at radius 2 is 2.00 bits per heavy atom. The zero-order chi connectivity index (χ0) is 12.2. The molecule has 2 nitrogen and oxygen atoms in total. The molecule has 16 heavy (non-hydrogen) atoms. The second-order valence-corrected chi connectivity index (χ2v) is 4.89. The van der Waals surface area contributed by atoms with Gasteiger partial charge in [0.1, 0.15) is 5.82 Å². The average molecular weight is 224 g/mol. The normalized spacial score (nSPS) is 13.8. The third kappa shape index (κ3) is 3.91. The zero-order valence-corrected chi connectivity index (χ0v) is 10.3. The van der Waals surface area contributed by atoms with Crippen molar-refractivity contribution in [2.45, 2.75) is 38.3 Å². The molecule has 0 aliphatic heterocycles. The van der Waals surface area contributed by atoms with Gasteiger partial charge in [-0.15, -0.1) is 0 Å². The van der Waals surface area contributed by atoms with E-state index in [0.717, 1.165) is 12.8 Å². The molecule has 0 aromatic heterocycles. The van der Waals surface area contributed by atoms with Gasteiger partial charge in [-0.05, 0) is 39.8 Å². The van der Waals surface area contributed by atoms with Crippen molar-refractivity contribution in [1.29, 1.82) is 0 Å². The standard InChI is InChI=1S/C13H21FN2/c1-13(2,15)9-8-12(16-3)10-6-4-5-7-11(10)14/h4-7,12,16H,8-9,15H2,1-3H3. The van der Waals surface area contributed by atoms with Crippen LogP contribution in [0.4, 0.5) is 4.39 Å². The first-order chi connectivity index (χ1) is 7.44. The molecule has 0 saturated heterocycles. The molecule has 3 heteroatoms. The van der Waals surface area contributed by atoms with Crippen LogP contribution >= 0.6 is 0 Å². The molecule has 0 aliphatic carbocycles. The fourth-order valence-corrected chi connectivity index (χ4v) is 1.73. The molecule has 0 amide bonds. The highest BCUT2D eigenvalue weighted by Crippen LogP contribution is 2.23. The van der Waals surface area contributed by atoms with E-state index in [0.29, 0.717) is 5.56 Å². The molecule has 0 aliphatic rings. The molecule has 90 valence electrons.